The number of hydrogen-bond donors (Lipinski definition) is 0. The Bertz CT molecular complexity index is 1070. The van der Waals surface area contributed by atoms with Crippen LogP contribution in [0.5, 0.6) is 0 Å². The van der Waals surface area contributed by atoms with Crippen LogP contribution in [0.25, 0.3) is 11.4 Å². The summed E-state index contributed by atoms with van der Waals surface area (Å²) in [7, 11) is -3.67. The highest BCUT2D eigenvalue weighted by atomic mass is 32.2. The molecule has 1 unspecified atom stereocenters. The number of carbonyl (C=O) groups is 1. The van der Waals surface area contributed by atoms with Crippen LogP contribution in [-0.2, 0) is 19.3 Å². The summed E-state index contributed by atoms with van der Waals surface area (Å²) in [6, 6.07) is 3.66. The molecule has 1 aromatic heterocycles. The molecule has 0 bridgehead atoms. The quantitative estimate of drug-likeness (QED) is 0.651. The predicted molar refractivity (Wildman–Crippen MR) is 113 cm³/mol. The van der Waals surface area contributed by atoms with Gasteiger partial charge in [-0.3, -0.25) is 0 Å². The highest BCUT2D eigenvalue weighted by Crippen LogP contribution is 2.27. The van der Waals surface area contributed by atoms with Gasteiger partial charge >= 0.3 is 6.09 Å². The van der Waals surface area contributed by atoms with Gasteiger partial charge in [-0.25, -0.2) is 17.6 Å². The van der Waals surface area contributed by atoms with Gasteiger partial charge in [0, 0.05) is 24.9 Å². The van der Waals surface area contributed by atoms with E-state index in [-0.39, 0.29) is 28.8 Å². The Morgan fingerprint density at radius 3 is 2.50 bits per heavy atom. The van der Waals surface area contributed by atoms with Gasteiger partial charge in [-0.15, -0.1) is 0 Å². The van der Waals surface area contributed by atoms with E-state index < -0.39 is 27.4 Å². The number of sulfone groups is 1. The van der Waals surface area contributed by atoms with E-state index in [1.165, 1.54) is 12.1 Å². The van der Waals surface area contributed by atoms with Gasteiger partial charge in [0.1, 0.15) is 22.4 Å². The van der Waals surface area contributed by atoms with Crippen molar-refractivity contribution in [3.8, 4) is 11.4 Å². The summed E-state index contributed by atoms with van der Waals surface area (Å²) in [5, 5.41) is 3.85. The van der Waals surface area contributed by atoms with Crippen LogP contribution in [0.4, 0.5) is 9.18 Å². The summed E-state index contributed by atoms with van der Waals surface area (Å²) in [6.45, 7) is 8.30. The minimum absolute atomic E-state index is 0.0921. The summed E-state index contributed by atoms with van der Waals surface area (Å²) in [4.78, 5) is 17.7. The Balaban J connectivity index is 1.58. The van der Waals surface area contributed by atoms with Crippen LogP contribution in [0.2, 0.25) is 0 Å². The van der Waals surface area contributed by atoms with E-state index in [0.717, 1.165) is 12.3 Å². The molecule has 9 nitrogen and oxygen atoms in total. The van der Waals surface area contributed by atoms with Crippen LogP contribution in [0.3, 0.4) is 0 Å². The van der Waals surface area contributed by atoms with Crippen molar-refractivity contribution in [3.05, 3.63) is 29.9 Å². The fourth-order valence-corrected chi connectivity index (χ4v) is 4.03. The first kappa shape index (κ1) is 24.1. The number of rotatable bonds is 5. The minimum atomic E-state index is -3.67. The van der Waals surface area contributed by atoms with Crippen LogP contribution in [0, 0.1) is 5.82 Å². The SMILES string of the molecule is CC(OC1CCN(C(=O)OC(C)(C)C)CC1)c1nc(-c2ccc(S(C)(=O)=O)c(F)c2)no1. The van der Waals surface area contributed by atoms with Crippen molar-refractivity contribution in [1.29, 1.82) is 0 Å². The molecule has 1 aromatic carbocycles. The molecular formula is C21H28FN3O6S. The van der Waals surface area contributed by atoms with Crippen LogP contribution >= 0.6 is 0 Å². The molecule has 1 saturated heterocycles. The summed E-state index contributed by atoms with van der Waals surface area (Å²) in [6.07, 6.45) is 1.29. The van der Waals surface area contributed by atoms with E-state index >= 15 is 0 Å². The highest BCUT2D eigenvalue weighted by Gasteiger charge is 2.29. The fraction of sp³-hybridized carbons (Fsp3) is 0.571. The zero-order valence-corrected chi connectivity index (χ0v) is 19.6. The largest absolute Gasteiger partial charge is 0.444 e. The maximum atomic E-state index is 14.2. The van der Waals surface area contributed by atoms with Crippen molar-refractivity contribution in [2.75, 3.05) is 19.3 Å². The second-order valence-electron chi connectivity index (χ2n) is 8.82. The molecular weight excluding hydrogens is 441 g/mol. The molecule has 2 heterocycles. The average Bonchev–Trinajstić information content (AvgIpc) is 3.16. The third-order valence-electron chi connectivity index (χ3n) is 4.87. The van der Waals surface area contributed by atoms with Gasteiger partial charge in [-0.05, 0) is 58.7 Å². The number of amides is 1. The summed E-state index contributed by atoms with van der Waals surface area (Å²) < 4.78 is 54.0. The number of nitrogens with zero attached hydrogens (tertiary/aromatic N) is 3. The van der Waals surface area contributed by atoms with E-state index in [0.29, 0.717) is 31.5 Å². The predicted octanol–water partition coefficient (Wildman–Crippen LogP) is 3.76. The van der Waals surface area contributed by atoms with Crippen molar-refractivity contribution in [1.82, 2.24) is 15.0 Å². The summed E-state index contributed by atoms with van der Waals surface area (Å²) in [5.41, 5.74) is -0.245. The molecule has 0 aliphatic carbocycles. The van der Waals surface area contributed by atoms with Gasteiger partial charge < -0.3 is 18.9 Å². The number of aromatic nitrogens is 2. The molecule has 176 valence electrons. The number of halogens is 1. The molecule has 0 N–H and O–H groups in total. The number of carbonyl (C=O) groups excluding carboxylic acids is 1. The fourth-order valence-electron chi connectivity index (χ4n) is 3.31. The van der Waals surface area contributed by atoms with Gasteiger partial charge in [0.05, 0.1) is 6.10 Å². The first-order valence-corrected chi connectivity index (χ1v) is 12.2. The minimum Gasteiger partial charge on any atom is -0.444 e. The molecule has 0 spiro atoms. The average molecular weight is 470 g/mol. The summed E-state index contributed by atoms with van der Waals surface area (Å²) >= 11 is 0. The number of likely N-dealkylation sites (tertiary alicyclic amines) is 1. The summed E-state index contributed by atoms with van der Waals surface area (Å²) in [5.74, 6) is -0.520. The highest BCUT2D eigenvalue weighted by molar-refractivity contribution is 7.90. The van der Waals surface area contributed by atoms with Crippen molar-refractivity contribution in [2.24, 2.45) is 0 Å². The third kappa shape index (κ3) is 6.04. The number of benzene rings is 1. The molecule has 0 saturated carbocycles. The second-order valence-corrected chi connectivity index (χ2v) is 10.8. The molecule has 2 aromatic rings. The third-order valence-corrected chi connectivity index (χ3v) is 6.00. The van der Waals surface area contributed by atoms with Crippen molar-refractivity contribution in [2.45, 2.75) is 63.2 Å². The molecule has 0 radical (unpaired) electrons. The lowest BCUT2D eigenvalue weighted by molar-refractivity contribution is -0.0509. The molecule has 3 rings (SSSR count). The van der Waals surface area contributed by atoms with Crippen molar-refractivity contribution >= 4 is 15.9 Å². The van der Waals surface area contributed by atoms with E-state index in [1.54, 1.807) is 11.8 Å². The molecule has 11 heteroatoms. The molecule has 1 aliphatic rings. The first-order valence-electron chi connectivity index (χ1n) is 10.3. The zero-order chi connectivity index (χ0) is 23.7. The Kier molecular flexibility index (Phi) is 6.89. The first-order chi connectivity index (χ1) is 14.8. The number of piperidine rings is 1. The van der Waals surface area contributed by atoms with Crippen LogP contribution in [0.15, 0.2) is 27.6 Å². The van der Waals surface area contributed by atoms with Gasteiger partial charge in [-0.2, -0.15) is 4.98 Å². The van der Waals surface area contributed by atoms with E-state index in [9.17, 15) is 17.6 Å². The number of ether oxygens (including phenoxy) is 2. The Morgan fingerprint density at radius 2 is 1.94 bits per heavy atom. The van der Waals surface area contributed by atoms with E-state index in [2.05, 4.69) is 10.1 Å². The molecule has 1 aliphatic heterocycles. The monoisotopic (exact) mass is 469 g/mol. The van der Waals surface area contributed by atoms with Crippen LogP contribution in [-0.4, -0.2) is 60.6 Å². The maximum Gasteiger partial charge on any atom is 0.410 e. The normalized spacial score (nSPS) is 16.8. The van der Waals surface area contributed by atoms with Crippen molar-refractivity contribution in [3.63, 3.8) is 0 Å². The van der Waals surface area contributed by atoms with E-state index in [4.69, 9.17) is 14.0 Å². The lowest BCUT2D eigenvalue weighted by atomic mass is 10.1. The van der Waals surface area contributed by atoms with Crippen molar-refractivity contribution < 1.29 is 31.6 Å². The lowest BCUT2D eigenvalue weighted by Gasteiger charge is -2.34. The van der Waals surface area contributed by atoms with Crippen LogP contribution < -0.4 is 0 Å². The molecule has 1 atom stereocenters. The van der Waals surface area contributed by atoms with Crippen LogP contribution in [0.1, 0.15) is 52.5 Å². The van der Waals surface area contributed by atoms with E-state index in [1.807, 2.05) is 20.8 Å². The Labute approximate surface area is 186 Å². The Morgan fingerprint density at radius 1 is 1.28 bits per heavy atom. The smallest absolute Gasteiger partial charge is 0.410 e. The molecule has 1 amide bonds. The number of hydrogen-bond acceptors (Lipinski definition) is 8. The lowest BCUT2D eigenvalue weighted by Crippen LogP contribution is -2.43. The van der Waals surface area contributed by atoms with Gasteiger partial charge in [0.2, 0.25) is 5.82 Å². The standard InChI is InChI=1S/C21H28FN3O6S/c1-13(29-15-8-10-25(11-9-15)20(26)30-21(2,3)4)19-23-18(24-31-19)14-6-7-17(16(22)12-14)32(5,27)28/h6-7,12-13,15H,8-11H2,1-5H3. The zero-order valence-electron chi connectivity index (χ0n) is 18.8. The topological polar surface area (TPSA) is 112 Å². The Hall–Kier alpha value is -2.53. The molecule has 1 fully saturated rings. The second kappa shape index (κ2) is 9.14. The van der Waals surface area contributed by atoms with Gasteiger partial charge in [0.25, 0.3) is 5.89 Å². The van der Waals surface area contributed by atoms with Gasteiger partial charge in [-0.1, -0.05) is 5.16 Å². The maximum absolute atomic E-state index is 14.2. The van der Waals surface area contributed by atoms with Gasteiger partial charge in [0.15, 0.2) is 9.84 Å². The molecule has 32 heavy (non-hydrogen) atoms.